The summed E-state index contributed by atoms with van der Waals surface area (Å²) < 4.78 is 10.2. The molecule has 6 nitrogen and oxygen atoms in total. The van der Waals surface area contributed by atoms with Crippen LogP contribution >= 0.6 is 11.3 Å². The highest BCUT2D eigenvalue weighted by atomic mass is 32.1. The van der Waals surface area contributed by atoms with E-state index in [0.717, 1.165) is 24.5 Å². The van der Waals surface area contributed by atoms with Gasteiger partial charge in [-0.15, -0.1) is 11.3 Å². The van der Waals surface area contributed by atoms with Crippen LogP contribution in [0, 0.1) is 6.92 Å². The molecule has 116 valence electrons. The Morgan fingerprint density at radius 3 is 2.95 bits per heavy atom. The van der Waals surface area contributed by atoms with E-state index in [9.17, 15) is 9.59 Å². The lowest BCUT2D eigenvalue weighted by Gasteiger charge is -2.24. The highest BCUT2D eigenvalue weighted by molar-refractivity contribution is 7.13. The first-order valence-electron chi connectivity index (χ1n) is 7.00. The molecule has 1 saturated heterocycles. The molecule has 1 aromatic rings. The van der Waals surface area contributed by atoms with Gasteiger partial charge in [0.2, 0.25) is 0 Å². The average molecular weight is 312 g/mol. The molecule has 2 heterocycles. The van der Waals surface area contributed by atoms with Gasteiger partial charge >= 0.3 is 5.97 Å². The molecule has 21 heavy (non-hydrogen) atoms. The molecule has 7 heteroatoms. The molecule has 1 aliphatic rings. The van der Waals surface area contributed by atoms with Gasteiger partial charge in [0, 0.05) is 19.7 Å². The molecule has 0 spiro atoms. The van der Waals surface area contributed by atoms with Gasteiger partial charge < -0.3 is 14.4 Å². The van der Waals surface area contributed by atoms with Gasteiger partial charge in [0.25, 0.3) is 5.91 Å². The topological polar surface area (TPSA) is 68.7 Å². The number of rotatable bonds is 6. The Bertz CT molecular complexity index is 497. The van der Waals surface area contributed by atoms with E-state index in [4.69, 9.17) is 4.74 Å². The van der Waals surface area contributed by atoms with Crippen molar-refractivity contribution in [2.75, 3.05) is 26.8 Å². The highest BCUT2D eigenvalue weighted by Crippen LogP contribution is 2.18. The second-order valence-electron chi connectivity index (χ2n) is 4.96. The summed E-state index contributed by atoms with van der Waals surface area (Å²) in [4.78, 5) is 30.2. The van der Waals surface area contributed by atoms with Crippen molar-refractivity contribution in [2.45, 2.75) is 32.3 Å². The van der Waals surface area contributed by atoms with Gasteiger partial charge in [0.15, 0.2) is 0 Å². The van der Waals surface area contributed by atoms with E-state index in [1.54, 1.807) is 11.1 Å². The lowest BCUT2D eigenvalue weighted by Crippen LogP contribution is -2.38. The first-order valence-corrected chi connectivity index (χ1v) is 7.82. The van der Waals surface area contributed by atoms with Crippen molar-refractivity contribution in [1.29, 1.82) is 0 Å². The number of hydrogen-bond acceptors (Lipinski definition) is 6. The predicted molar refractivity (Wildman–Crippen MR) is 78.4 cm³/mol. The van der Waals surface area contributed by atoms with Crippen LogP contribution in [0.25, 0.3) is 0 Å². The van der Waals surface area contributed by atoms with Crippen LogP contribution in [-0.4, -0.2) is 54.7 Å². The minimum Gasteiger partial charge on any atom is -0.469 e. The zero-order valence-corrected chi connectivity index (χ0v) is 13.1. The molecule has 1 aliphatic heterocycles. The fourth-order valence-corrected chi connectivity index (χ4v) is 3.00. The average Bonchev–Trinajstić information content (AvgIpc) is 3.13. The Morgan fingerprint density at radius 2 is 2.38 bits per heavy atom. The van der Waals surface area contributed by atoms with Crippen LogP contribution in [0.3, 0.4) is 0 Å². The monoisotopic (exact) mass is 312 g/mol. The van der Waals surface area contributed by atoms with Crippen molar-refractivity contribution in [3.8, 4) is 0 Å². The Balaban J connectivity index is 2.02. The molecule has 1 atom stereocenters. The smallest absolute Gasteiger partial charge is 0.307 e. The van der Waals surface area contributed by atoms with E-state index in [0.29, 0.717) is 18.0 Å². The number of ether oxygens (including phenoxy) is 2. The van der Waals surface area contributed by atoms with Crippen LogP contribution < -0.4 is 0 Å². The van der Waals surface area contributed by atoms with Crippen LogP contribution in [0.4, 0.5) is 0 Å². The molecule has 0 aromatic carbocycles. The SMILES string of the molecule is COC(=O)CCN(CC1CCCO1)C(=O)c1cnc(C)s1. The molecule has 0 aliphatic carbocycles. The first kappa shape index (κ1) is 15.9. The van der Waals surface area contributed by atoms with Crippen LogP contribution in [0.15, 0.2) is 6.20 Å². The van der Waals surface area contributed by atoms with E-state index >= 15 is 0 Å². The number of nitrogens with zero attached hydrogens (tertiary/aromatic N) is 2. The van der Waals surface area contributed by atoms with Gasteiger partial charge in [0.05, 0.1) is 30.8 Å². The van der Waals surface area contributed by atoms with Crippen molar-refractivity contribution in [1.82, 2.24) is 9.88 Å². The number of carbonyl (C=O) groups excluding carboxylic acids is 2. The lowest BCUT2D eigenvalue weighted by molar-refractivity contribution is -0.140. The molecule has 1 aromatic heterocycles. The van der Waals surface area contributed by atoms with Gasteiger partial charge in [-0.2, -0.15) is 0 Å². The fraction of sp³-hybridized carbons (Fsp3) is 0.643. The van der Waals surface area contributed by atoms with Gasteiger partial charge in [-0.3, -0.25) is 9.59 Å². The number of carbonyl (C=O) groups is 2. The predicted octanol–water partition coefficient (Wildman–Crippen LogP) is 1.64. The summed E-state index contributed by atoms with van der Waals surface area (Å²) in [6.45, 7) is 3.44. The Kier molecular flexibility index (Phi) is 5.69. The minimum atomic E-state index is -0.319. The molecule has 1 fully saturated rings. The zero-order valence-electron chi connectivity index (χ0n) is 12.3. The number of thiazole rings is 1. The van der Waals surface area contributed by atoms with E-state index < -0.39 is 0 Å². The summed E-state index contributed by atoms with van der Waals surface area (Å²) in [5.74, 6) is -0.416. The minimum absolute atomic E-state index is 0.0561. The third-order valence-corrected chi connectivity index (χ3v) is 4.28. The van der Waals surface area contributed by atoms with Gasteiger partial charge in [-0.05, 0) is 19.8 Å². The summed E-state index contributed by atoms with van der Waals surface area (Å²) in [5, 5.41) is 0.850. The molecule has 0 bridgehead atoms. The number of esters is 1. The summed E-state index contributed by atoms with van der Waals surface area (Å²) in [6.07, 6.45) is 3.80. The number of aromatic nitrogens is 1. The molecular formula is C14H20N2O4S. The quantitative estimate of drug-likeness (QED) is 0.747. The van der Waals surface area contributed by atoms with Crippen molar-refractivity contribution in [3.63, 3.8) is 0 Å². The van der Waals surface area contributed by atoms with E-state index in [1.165, 1.54) is 18.4 Å². The molecule has 2 rings (SSSR count). The van der Waals surface area contributed by atoms with Crippen LogP contribution in [0.1, 0.15) is 33.9 Å². The number of amides is 1. The maximum atomic E-state index is 12.5. The first-order chi connectivity index (χ1) is 10.1. The van der Waals surface area contributed by atoms with Crippen LogP contribution in [-0.2, 0) is 14.3 Å². The van der Waals surface area contributed by atoms with Crippen LogP contribution in [0.5, 0.6) is 0 Å². The summed E-state index contributed by atoms with van der Waals surface area (Å²) in [7, 11) is 1.35. The summed E-state index contributed by atoms with van der Waals surface area (Å²) in [6, 6.07) is 0. The number of methoxy groups -OCH3 is 1. The van der Waals surface area contributed by atoms with Gasteiger partial charge in [-0.25, -0.2) is 4.98 Å². The van der Waals surface area contributed by atoms with Gasteiger partial charge in [-0.1, -0.05) is 0 Å². The Morgan fingerprint density at radius 1 is 1.57 bits per heavy atom. The standard InChI is InChI=1S/C14H20N2O4S/c1-10-15-8-12(21-10)14(18)16(6-5-13(17)19-2)9-11-4-3-7-20-11/h8,11H,3-7,9H2,1-2H3. The second-order valence-corrected chi connectivity index (χ2v) is 6.19. The number of hydrogen-bond donors (Lipinski definition) is 0. The number of aryl methyl sites for hydroxylation is 1. The van der Waals surface area contributed by atoms with Crippen molar-refractivity contribution >= 4 is 23.2 Å². The van der Waals surface area contributed by atoms with E-state index in [1.807, 2.05) is 6.92 Å². The largest absolute Gasteiger partial charge is 0.469 e. The third kappa shape index (κ3) is 4.50. The normalized spacial score (nSPS) is 17.7. The summed E-state index contributed by atoms with van der Waals surface area (Å²) >= 11 is 1.36. The molecule has 0 radical (unpaired) electrons. The maximum absolute atomic E-state index is 12.5. The van der Waals surface area contributed by atoms with E-state index in [-0.39, 0.29) is 24.4 Å². The molecular weight excluding hydrogens is 292 g/mol. The molecule has 1 unspecified atom stereocenters. The fourth-order valence-electron chi connectivity index (χ4n) is 2.25. The summed E-state index contributed by atoms with van der Waals surface area (Å²) in [5.41, 5.74) is 0. The maximum Gasteiger partial charge on any atom is 0.307 e. The zero-order chi connectivity index (χ0) is 15.2. The van der Waals surface area contributed by atoms with Crippen molar-refractivity contribution in [2.24, 2.45) is 0 Å². The van der Waals surface area contributed by atoms with E-state index in [2.05, 4.69) is 9.72 Å². The highest BCUT2D eigenvalue weighted by Gasteiger charge is 2.25. The second kappa shape index (κ2) is 7.51. The molecule has 1 amide bonds. The van der Waals surface area contributed by atoms with Gasteiger partial charge in [0.1, 0.15) is 4.88 Å². The Hall–Kier alpha value is -1.47. The third-order valence-electron chi connectivity index (χ3n) is 3.38. The lowest BCUT2D eigenvalue weighted by atomic mass is 10.2. The Labute approximate surface area is 128 Å². The molecule has 0 N–H and O–H groups in total. The van der Waals surface area contributed by atoms with Crippen LogP contribution in [0.2, 0.25) is 0 Å². The molecule has 0 saturated carbocycles. The van der Waals surface area contributed by atoms with Crippen molar-refractivity contribution in [3.05, 3.63) is 16.1 Å². The van der Waals surface area contributed by atoms with Crippen molar-refractivity contribution < 1.29 is 19.1 Å².